The number of nitrogens with one attached hydrogen (secondary N) is 1. The van der Waals surface area contributed by atoms with Crippen LogP contribution >= 0.6 is 0 Å². The molecule has 1 atom stereocenters. The van der Waals surface area contributed by atoms with Crippen LogP contribution in [0.5, 0.6) is 0 Å². The zero-order valence-electron chi connectivity index (χ0n) is 10.2. The molecule has 3 nitrogen and oxygen atoms in total. The number of carbonyl (C=O) groups is 1. The van der Waals surface area contributed by atoms with Crippen molar-refractivity contribution in [2.24, 2.45) is 5.92 Å². The second-order valence-corrected chi connectivity index (χ2v) is 4.48. The second kappa shape index (κ2) is 6.26. The van der Waals surface area contributed by atoms with Gasteiger partial charge in [-0.2, -0.15) is 0 Å². The molecule has 0 saturated carbocycles. The van der Waals surface area contributed by atoms with Crippen LogP contribution in [-0.4, -0.2) is 10.9 Å². The van der Waals surface area contributed by atoms with Crippen LogP contribution in [0.15, 0.2) is 24.4 Å². The molecule has 16 heavy (non-hydrogen) atoms. The molecule has 0 spiro atoms. The highest BCUT2D eigenvalue weighted by Gasteiger charge is 2.10. The Morgan fingerprint density at radius 3 is 2.69 bits per heavy atom. The van der Waals surface area contributed by atoms with Crippen molar-refractivity contribution >= 4 is 5.91 Å². The van der Waals surface area contributed by atoms with Gasteiger partial charge in [0.25, 0.3) is 0 Å². The third-order valence-corrected chi connectivity index (χ3v) is 2.46. The maximum atomic E-state index is 11.6. The Kier molecular flexibility index (Phi) is 4.96. The van der Waals surface area contributed by atoms with Gasteiger partial charge < -0.3 is 5.32 Å². The van der Waals surface area contributed by atoms with Gasteiger partial charge in [0.05, 0.1) is 11.7 Å². The first-order valence-corrected chi connectivity index (χ1v) is 5.80. The number of hydrogen-bond donors (Lipinski definition) is 1. The van der Waals surface area contributed by atoms with Crippen LogP contribution in [0.4, 0.5) is 0 Å². The van der Waals surface area contributed by atoms with Gasteiger partial charge in [-0.05, 0) is 31.4 Å². The lowest BCUT2D eigenvalue weighted by Gasteiger charge is -2.13. The van der Waals surface area contributed by atoms with Crippen molar-refractivity contribution in [3.05, 3.63) is 30.1 Å². The topological polar surface area (TPSA) is 42.0 Å². The minimum atomic E-state index is -0.0131. The van der Waals surface area contributed by atoms with Gasteiger partial charge >= 0.3 is 0 Å². The van der Waals surface area contributed by atoms with Crippen molar-refractivity contribution in [2.75, 3.05) is 0 Å². The summed E-state index contributed by atoms with van der Waals surface area (Å²) < 4.78 is 0. The summed E-state index contributed by atoms with van der Waals surface area (Å²) in [5.41, 5.74) is 0.903. The predicted octanol–water partition coefficient (Wildman–Crippen LogP) is 2.70. The van der Waals surface area contributed by atoms with Crippen molar-refractivity contribution < 1.29 is 4.79 Å². The molecule has 1 N–H and O–H groups in total. The van der Waals surface area contributed by atoms with Crippen LogP contribution in [-0.2, 0) is 4.79 Å². The molecule has 1 amide bonds. The van der Waals surface area contributed by atoms with Gasteiger partial charge in [-0.3, -0.25) is 9.78 Å². The summed E-state index contributed by atoms with van der Waals surface area (Å²) in [5, 5.41) is 2.95. The monoisotopic (exact) mass is 220 g/mol. The van der Waals surface area contributed by atoms with E-state index < -0.39 is 0 Å². The minimum absolute atomic E-state index is 0.0131. The number of pyridine rings is 1. The Morgan fingerprint density at radius 1 is 1.38 bits per heavy atom. The van der Waals surface area contributed by atoms with Crippen molar-refractivity contribution in [2.45, 2.75) is 39.7 Å². The standard InChI is InChI=1S/C13H20N2O/c1-10(2)7-8-13(16)15-11(3)12-6-4-5-9-14-12/h4-6,9-11H,7-8H2,1-3H3,(H,15,16). The molecule has 0 saturated heterocycles. The molecule has 1 rings (SSSR count). The van der Waals surface area contributed by atoms with Crippen LogP contribution in [0.2, 0.25) is 0 Å². The highest BCUT2D eigenvalue weighted by Crippen LogP contribution is 2.09. The zero-order valence-corrected chi connectivity index (χ0v) is 10.2. The molecule has 0 bridgehead atoms. The van der Waals surface area contributed by atoms with Crippen LogP contribution in [0, 0.1) is 5.92 Å². The van der Waals surface area contributed by atoms with E-state index in [4.69, 9.17) is 0 Å². The number of hydrogen-bond acceptors (Lipinski definition) is 2. The summed E-state index contributed by atoms with van der Waals surface area (Å²) in [6.07, 6.45) is 3.27. The summed E-state index contributed by atoms with van der Waals surface area (Å²) in [7, 11) is 0. The lowest BCUT2D eigenvalue weighted by Crippen LogP contribution is -2.27. The molecular weight excluding hydrogens is 200 g/mol. The molecule has 1 aromatic rings. The highest BCUT2D eigenvalue weighted by atomic mass is 16.1. The average Bonchev–Trinajstić information content (AvgIpc) is 2.27. The maximum Gasteiger partial charge on any atom is 0.220 e. The third kappa shape index (κ3) is 4.43. The first kappa shape index (κ1) is 12.7. The first-order valence-electron chi connectivity index (χ1n) is 5.80. The molecule has 0 aromatic carbocycles. The number of amides is 1. The fourth-order valence-corrected chi connectivity index (χ4v) is 1.44. The van der Waals surface area contributed by atoms with Gasteiger partial charge in [0.15, 0.2) is 0 Å². The molecule has 3 heteroatoms. The second-order valence-electron chi connectivity index (χ2n) is 4.48. The fourth-order valence-electron chi connectivity index (χ4n) is 1.44. The fraction of sp³-hybridized carbons (Fsp3) is 0.538. The van der Waals surface area contributed by atoms with E-state index in [1.54, 1.807) is 6.20 Å². The summed E-state index contributed by atoms with van der Waals surface area (Å²) >= 11 is 0. The van der Waals surface area contributed by atoms with Gasteiger partial charge in [0.1, 0.15) is 0 Å². The van der Waals surface area contributed by atoms with Gasteiger partial charge in [0, 0.05) is 12.6 Å². The van der Waals surface area contributed by atoms with E-state index in [0.717, 1.165) is 12.1 Å². The van der Waals surface area contributed by atoms with E-state index in [-0.39, 0.29) is 11.9 Å². The van der Waals surface area contributed by atoms with E-state index >= 15 is 0 Å². The normalized spacial score (nSPS) is 12.5. The molecule has 88 valence electrons. The van der Waals surface area contributed by atoms with Gasteiger partial charge in [-0.15, -0.1) is 0 Å². The Bertz CT molecular complexity index is 322. The van der Waals surface area contributed by atoms with Crippen LogP contribution in [0.25, 0.3) is 0 Å². The lowest BCUT2D eigenvalue weighted by molar-refractivity contribution is -0.122. The van der Waals surface area contributed by atoms with Gasteiger partial charge in [-0.1, -0.05) is 19.9 Å². The van der Waals surface area contributed by atoms with Crippen LogP contribution in [0.3, 0.4) is 0 Å². The molecule has 0 aliphatic carbocycles. The molecule has 0 aliphatic rings. The van der Waals surface area contributed by atoms with E-state index in [1.165, 1.54) is 0 Å². The number of aromatic nitrogens is 1. The lowest BCUT2D eigenvalue weighted by atomic mass is 10.1. The van der Waals surface area contributed by atoms with Crippen molar-refractivity contribution in [3.8, 4) is 0 Å². The van der Waals surface area contributed by atoms with Crippen molar-refractivity contribution in [3.63, 3.8) is 0 Å². The molecule has 1 heterocycles. The van der Waals surface area contributed by atoms with Crippen molar-refractivity contribution in [1.29, 1.82) is 0 Å². The minimum Gasteiger partial charge on any atom is -0.348 e. The molecule has 0 aliphatic heterocycles. The Balaban J connectivity index is 2.40. The van der Waals surface area contributed by atoms with Crippen molar-refractivity contribution in [1.82, 2.24) is 10.3 Å². The maximum absolute atomic E-state index is 11.6. The molecule has 1 aromatic heterocycles. The first-order chi connectivity index (χ1) is 7.59. The summed E-state index contributed by atoms with van der Waals surface area (Å²) in [5.74, 6) is 0.669. The Labute approximate surface area is 97.3 Å². The van der Waals surface area contributed by atoms with Crippen LogP contribution < -0.4 is 5.32 Å². The molecule has 0 radical (unpaired) electrons. The number of carbonyl (C=O) groups excluding carboxylic acids is 1. The largest absolute Gasteiger partial charge is 0.348 e. The quantitative estimate of drug-likeness (QED) is 0.829. The van der Waals surface area contributed by atoms with Gasteiger partial charge in [0.2, 0.25) is 5.91 Å². The smallest absolute Gasteiger partial charge is 0.220 e. The Hall–Kier alpha value is -1.38. The highest BCUT2D eigenvalue weighted by molar-refractivity contribution is 5.76. The molecule has 1 unspecified atom stereocenters. The summed E-state index contributed by atoms with van der Waals surface area (Å²) in [6, 6.07) is 5.71. The van der Waals surface area contributed by atoms with E-state index in [1.807, 2.05) is 25.1 Å². The molecular formula is C13H20N2O. The SMILES string of the molecule is CC(C)CCC(=O)NC(C)c1ccccn1. The predicted molar refractivity (Wildman–Crippen MR) is 64.9 cm³/mol. The summed E-state index contributed by atoms with van der Waals surface area (Å²) in [6.45, 7) is 6.19. The van der Waals surface area contributed by atoms with E-state index in [0.29, 0.717) is 12.3 Å². The van der Waals surface area contributed by atoms with E-state index in [9.17, 15) is 4.79 Å². The summed E-state index contributed by atoms with van der Waals surface area (Å²) in [4.78, 5) is 15.8. The molecule has 0 fully saturated rings. The zero-order chi connectivity index (χ0) is 12.0. The van der Waals surface area contributed by atoms with Gasteiger partial charge in [-0.25, -0.2) is 0 Å². The van der Waals surface area contributed by atoms with E-state index in [2.05, 4.69) is 24.1 Å². The third-order valence-electron chi connectivity index (χ3n) is 2.46. The van der Waals surface area contributed by atoms with Crippen LogP contribution in [0.1, 0.15) is 45.3 Å². The Morgan fingerprint density at radius 2 is 2.12 bits per heavy atom. The average molecular weight is 220 g/mol. The number of rotatable bonds is 5. The number of nitrogens with zero attached hydrogens (tertiary/aromatic N) is 1.